The van der Waals surface area contributed by atoms with Crippen molar-refractivity contribution in [3.63, 3.8) is 0 Å². The number of nitrogens with one attached hydrogen (secondary N) is 3. The minimum absolute atomic E-state index is 0. The summed E-state index contributed by atoms with van der Waals surface area (Å²) in [5.41, 5.74) is -0.559. The molecule has 0 fully saturated rings. The highest BCUT2D eigenvalue weighted by molar-refractivity contribution is 14.0. The van der Waals surface area contributed by atoms with E-state index in [4.69, 9.17) is 0 Å². The van der Waals surface area contributed by atoms with Gasteiger partial charge in [0.15, 0.2) is 5.96 Å². The van der Waals surface area contributed by atoms with Gasteiger partial charge in [-0.3, -0.25) is 9.59 Å². The van der Waals surface area contributed by atoms with Crippen LogP contribution in [0.5, 0.6) is 0 Å². The van der Waals surface area contributed by atoms with Gasteiger partial charge in [0.25, 0.3) is 0 Å². The average molecular weight is 441 g/mol. The zero-order chi connectivity index (χ0) is 17.2. The Morgan fingerprint density at radius 1 is 1.09 bits per heavy atom. The van der Waals surface area contributed by atoms with Crippen LogP contribution in [0.1, 0.15) is 34.1 Å². The molecule has 0 rings (SSSR count). The van der Waals surface area contributed by atoms with E-state index in [1.54, 1.807) is 14.1 Å². The first-order valence-electron chi connectivity index (χ1n) is 7.75. The molecule has 0 aliphatic rings. The summed E-state index contributed by atoms with van der Waals surface area (Å²) in [7, 11) is 3.39. The predicted octanol–water partition coefficient (Wildman–Crippen LogP) is 0.800. The van der Waals surface area contributed by atoms with Crippen LogP contribution in [-0.4, -0.2) is 62.9 Å². The highest BCUT2D eigenvalue weighted by atomic mass is 127. The van der Waals surface area contributed by atoms with Crippen LogP contribution in [0.2, 0.25) is 0 Å². The Bertz CT molecular complexity index is 397. The molecule has 0 unspecified atom stereocenters. The lowest BCUT2D eigenvalue weighted by Gasteiger charge is -2.25. The summed E-state index contributed by atoms with van der Waals surface area (Å²) in [6.45, 7) is 9.55. The highest BCUT2D eigenvalue weighted by Gasteiger charge is 2.27. The van der Waals surface area contributed by atoms with Crippen LogP contribution in [-0.2, 0) is 9.59 Å². The Balaban J connectivity index is 0. The third-order valence-corrected chi connectivity index (χ3v) is 3.06. The lowest BCUT2D eigenvalue weighted by Crippen LogP contribution is -2.48. The average Bonchev–Trinajstić information content (AvgIpc) is 2.46. The molecule has 0 aromatic heterocycles. The Labute approximate surface area is 157 Å². The van der Waals surface area contributed by atoms with E-state index in [9.17, 15) is 9.59 Å². The standard InChI is InChI=1S/C15H31N5O2.HI/c1-7-9-17-14(18-10-12(21)20(5)6)19-11-15(3,4)13(22)16-8-2;/h7-11H2,1-6H3,(H,16,22)(H2,17,18,19);1H. The fraction of sp³-hybridized carbons (Fsp3) is 0.800. The molecule has 0 atom stereocenters. The van der Waals surface area contributed by atoms with Gasteiger partial charge in [0.1, 0.15) is 6.54 Å². The number of hydrogen-bond acceptors (Lipinski definition) is 3. The Morgan fingerprint density at radius 2 is 1.70 bits per heavy atom. The number of amides is 2. The molecule has 0 aromatic rings. The van der Waals surface area contributed by atoms with Crippen molar-refractivity contribution in [2.24, 2.45) is 10.4 Å². The van der Waals surface area contributed by atoms with Crippen LogP contribution in [0.3, 0.4) is 0 Å². The first kappa shape index (κ1) is 24.2. The zero-order valence-corrected chi connectivity index (χ0v) is 17.5. The van der Waals surface area contributed by atoms with Gasteiger partial charge in [0.2, 0.25) is 11.8 Å². The van der Waals surface area contributed by atoms with Crippen molar-refractivity contribution in [3.8, 4) is 0 Å². The van der Waals surface area contributed by atoms with Crippen LogP contribution in [0.15, 0.2) is 4.99 Å². The second-order valence-corrected chi connectivity index (χ2v) is 5.98. The van der Waals surface area contributed by atoms with Crippen LogP contribution in [0.25, 0.3) is 0 Å². The fourth-order valence-electron chi connectivity index (χ4n) is 1.49. The minimum atomic E-state index is -0.559. The first-order valence-corrected chi connectivity index (χ1v) is 7.75. The lowest BCUT2D eigenvalue weighted by atomic mass is 9.92. The normalized spacial score (nSPS) is 11.3. The van der Waals surface area contributed by atoms with Gasteiger partial charge in [-0.1, -0.05) is 6.92 Å². The monoisotopic (exact) mass is 441 g/mol. The molecule has 0 radical (unpaired) electrons. The van der Waals surface area contributed by atoms with E-state index in [0.717, 1.165) is 13.0 Å². The quantitative estimate of drug-likeness (QED) is 0.296. The van der Waals surface area contributed by atoms with Gasteiger partial charge in [-0.05, 0) is 27.2 Å². The van der Waals surface area contributed by atoms with E-state index in [2.05, 4.69) is 20.9 Å². The van der Waals surface area contributed by atoms with E-state index >= 15 is 0 Å². The van der Waals surface area contributed by atoms with Gasteiger partial charge < -0.3 is 20.9 Å². The van der Waals surface area contributed by atoms with Crippen molar-refractivity contribution < 1.29 is 9.59 Å². The van der Waals surface area contributed by atoms with E-state index in [-0.39, 0.29) is 42.3 Å². The number of aliphatic imine (C=N–C) groups is 1. The first-order chi connectivity index (χ1) is 10.2. The van der Waals surface area contributed by atoms with Crippen LogP contribution < -0.4 is 16.0 Å². The van der Waals surface area contributed by atoms with Crippen molar-refractivity contribution in [2.45, 2.75) is 34.1 Å². The van der Waals surface area contributed by atoms with Crippen molar-refractivity contribution in [2.75, 3.05) is 40.3 Å². The van der Waals surface area contributed by atoms with Crippen LogP contribution >= 0.6 is 24.0 Å². The second kappa shape index (κ2) is 12.4. The van der Waals surface area contributed by atoms with E-state index in [0.29, 0.717) is 19.0 Å². The van der Waals surface area contributed by atoms with Gasteiger partial charge in [0, 0.05) is 33.7 Å². The smallest absolute Gasteiger partial charge is 0.243 e. The molecule has 136 valence electrons. The molecule has 0 spiro atoms. The van der Waals surface area contributed by atoms with E-state index in [1.807, 2.05) is 27.7 Å². The van der Waals surface area contributed by atoms with Crippen LogP contribution in [0, 0.1) is 5.41 Å². The Kier molecular flexibility index (Phi) is 13.0. The second-order valence-electron chi connectivity index (χ2n) is 5.98. The topological polar surface area (TPSA) is 85.8 Å². The summed E-state index contributed by atoms with van der Waals surface area (Å²) in [4.78, 5) is 29.4. The third-order valence-electron chi connectivity index (χ3n) is 3.06. The van der Waals surface area contributed by atoms with Gasteiger partial charge in [-0.25, -0.2) is 4.99 Å². The number of likely N-dealkylation sites (N-methyl/N-ethyl adjacent to an activating group) is 1. The molecule has 0 saturated carbocycles. The predicted molar refractivity (Wildman–Crippen MR) is 105 cm³/mol. The van der Waals surface area contributed by atoms with E-state index < -0.39 is 5.41 Å². The number of nitrogens with zero attached hydrogens (tertiary/aromatic N) is 2. The largest absolute Gasteiger partial charge is 0.356 e. The van der Waals surface area contributed by atoms with Gasteiger partial charge in [0.05, 0.1) is 5.41 Å². The lowest BCUT2D eigenvalue weighted by molar-refractivity contribution is -0.129. The summed E-state index contributed by atoms with van der Waals surface area (Å²) in [6, 6.07) is 0. The van der Waals surface area contributed by atoms with Gasteiger partial charge in [-0.2, -0.15) is 0 Å². The maximum Gasteiger partial charge on any atom is 0.243 e. The molecular formula is C15H32IN5O2. The van der Waals surface area contributed by atoms with Crippen molar-refractivity contribution in [1.29, 1.82) is 0 Å². The Hall–Kier alpha value is -1.06. The molecule has 3 N–H and O–H groups in total. The minimum Gasteiger partial charge on any atom is -0.356 e. The molecule has 0 aliphatic heterocycles. The summed E-state index contributed by atoms with van der Waals surface area (Å²) in [6.07, 6.45) is 0.946. The number of halogens is 1. The summed E-state index contributed by atoms with van der Waals surface area (Å²) < 4.78 is 0. The molecule has 0 saturated heterocycles. The summed E-state index contributed by atoms with van der Waals surface area (Å²) >= 11 is 0. The number of hydrogen-bond donors (Lipinski definition) is 3. The van der Waals surface area contributed by atoms with E-state index in [1.165, 1.54) is 4.90 Å². The summed E-state index contributed by atoms with van der Waals surface area (Å²) in [5, 5.41) is 9.10. The molecule has 0 aliphatic carbocycles. The van der Waals surface area contributed by atoms with Gasteiger partial charge in [-0.15, -0.1) is 24.0 Å². The third kappa shape index (κ3) is 10.4. The number of carbonyl (C=O) groups excluding carboxylic acids is 2. The van der Waals surface area contributed by atoms with Crippen molar-refractivity contribution in [3.05, 3.63) is 0 Å². The van der Waals surface area contributed by atoms with Crippen LogP contribution in [0.4, 0.5) is 0 Å². The molecule has 0 heterocycles. The number of guanidine groups is 1. The summed E-state index contributed by atoms with van der Waals surface area (Å²) in [5.74, 6) is 0.469. The molecule has 0 aromatic carbocycles. The SMILES string of the molecule is CCCNC(=NCC(=O)N(C)C)NCC(C)(C)C(=O)NCC.I. The molecule has 7 nitrogen and oxygen atoms in total. The van der Waals surface area contributed by atoms with Crippen molar-refractivity contribution in [1.82, 2.24) is 20.9 Å². The fourth-order valence-corrected chi connectivity index (χ4v) is 1.49. The van der Waals surface area contributed by atoms with Gasteiger partial charge >= 0.3 is 0 Å². The zero-order valence-electron chi connectivity index (χ0n) is 15.2. The molecule has 0 bridgehead atoms. The molecule has 8 heteroatoms. The molecule has 23 heavy (non-hydrogen) atoms. The number of rotatable bonds is 8. The van der Waals surface area contributed by atoms with Crippen molar-refractivity contribution >= 4 is 41.8 Å². The molecular weight excluding hydrogens is 409 g/mol. The highest BCUT2D eigenvalue weighted by Crippen LogP contribution is 2.13. The maximum atomic E-state index is 12.0. The maximum absolute atomic E-state index is 12.0. The number of carbonyl (C=O) groups is 2. The molecule has 2 amide bonds. The Morgan fingerprint density at radius 3 is 2.17 bits per heavy atom.